The molecule has 2 aromatic rings. The maximum absolute atomic E-state index is 13.1. The molecule has 1 amide bonds. The zero-order valence-corrected chi connectivity index (χ0v) is 14.2. The first-order valence-corrected chi connectivity index (χ1v) is 9.01. The van der Waals surface area contributed by atoms with Crippen LogP contribution in [0.25, 0.3) is 0 Å². The van der Waals surface area contributed by atoms with Crippen LogP contribution in [0.15, 0.2) is 65.8 Å². The summed E-state index contributed by atoms with van der Waals surface area (Å²) < 4.78 is 6.05. The summed E-state index contributed by atoms with van der Waals surface area (Å²) in [6.45, 7) is 0. The number of ether oxygens (including phenoxy) is 1. The number of carbonyl (C=O) groups excluding carboxylic acids is 1. The van der Waals surface area contributed by atoms with Crippen molar-refractivity contribution in [3.63, 3.8) is 0 Å². The predicted octanol–water partition coefficient (Wildman–Crippen LogP) is 4.28. The van der Waals surface area contributed by atoms with E-state index in [1.54, 1.807) is 5.01 Å². The van der Waals surface area contributed by atoms with Crippen LogP contribution in [0.4, 0.5) is 0 Å². The average Bonchev–Trinajstić information content (AvgIpc) is 2.70. The number of hydrogen-bond donors (Lipinski definition) is 0. The van der Waals surface area contributed by atoms with Gasteiger partial charge in [0.25, 0.3) is 5.91 Å². The van der Waals surface area contributed by atoms with Crippen LogP contribution >= 0.6 is 0 Å². The number of hydrogen-bond acceptors (Lipinski definition) is 3. The Morgan fingerprint density at radius 2 is 1.52 bits per heavy atom. The molecule has 25 heavy (non-hydrogen) atoms. The van der Waals surface area contributed by atoms with E-state index >= 15 is 0 Å². The second kappa shape index (κ2) is 7.09. The topological polar surface area (TPSA) is 41.9 Å². The second-order valence-electron chi connectivity index (χ2n) is 6.65. The van der Waals surface area contributed by atoms with E-state index in [0.717, 1.165) is 36.8 Å². The van der Waals surface area contributed by atoms with E-state index in [2.05, 4.69) is 5.10 Å². The Kier molecular flexibility index (Phi) is 4.51. The monoisotopic (exact) mass is 334 g/mol. The Bertz CT molecular complexity index is 752. The lowest BCUT2D eigenvalue weighted by atomic mass is 9.94. The van der Waals surface area contributed by atoms with E-state index < -0.39 is 6.10 Å². The third-order valence-electron chi connectivity index (χ3n) is 4.92. The fourth-order valence-electron chi connectivity index (χ4n) is 3.59. The molecule has 4 rings (SSSR count). The summed E-state index contributed by atoms with van der Waals surface area (Å²) in [7, 11) is 0. The molecule has 2 aliphatic rings. The Hall–Kier alpha value is -2.62. The highest BCUT2D eigenvalue weighted by molar-refractivity contribution is 5.99. The minimum Gasteiger partial charge on any atom is -0.458 e. The van der Waals surface area contributed by atoms with E-state index in [0.29, 0.717) is 5.90 Å². The van der Waals surface area contributed by atoms with Crippen LogP contribution in [-0.4, -0.2) is 22.9 Å². The molecule has 0 spiro atoms. The Balaban J connectivity index is 1.71. The lowest BCUT2D eigenvalue weighted by Gasteiger charge is -2.36. The van der Waals surface area contributed by atoms with Gasteiger partial charge in [-0.2, -0.15) is 0 Å². The van der Waals surface area contributed by atoms with E-state index in [-0.39, 0.29) is 11.9 Å². The molecule has 0 saturated heterocycles. The molecule has 0 N–H and O–H groups in total. The molecule has 0 bridgehead atoms. The van der Waals surface area contributed by atoms with Crippen molar-refractivity contribution < 1.29 is 9.53 Å². The fourth-order valence-corrected chi connectivity index (χ4v) is 3.59. The van der Waals surface area contributed by atoms with Gasteiger partial charge in [-0.3, -0.25) is 4.79 Å². The maximum atomic E-state index is 13.1. The molecule has 0 radical (unpaired) electrons. The van der Waals surface area contributed by atoms with Crippen LogP contribution in [0.1, 0.15) is 49.3 Å². The first-order chi connectivity index (χ1) is 12.3. The van der Waals surface area contributed by atoms with Crippen molar-refractivity contribution in [3.05, 3.63) is 71.8 Å². The lowest BCUT2D eigenvalue weighted by molar-refractivity contribution is -0.145. The fraction of sp³-hybridized carbons (Fsp3) is 0.333. The molecule has 1 fully saturated rings. The quantitative estimate of drug-likeness (QED) is 0.840. The Morgan fingerprint density at radius 3 is 2.20 bits per heavy atom. The number of benzene rings is 2. The highest BCUT2D eigenvalue weighted by Gasteiger charge is 2.38. The largest absolute Gasteiger partial charge is 0.458 e. The molecule has 1 aliphatic carbocycles. The summed E-state index contributed by atoms with van der Waals surface area (Å²) in [4.78, 5) is 13.1. The van der Waals surface area contributed by atoms with Crippen molar-refractivity contribution in [2.24, 2.45) is 5.10 Å². The van der Waals surface area contributed by atoms with Gasteiger partial charge in [-0.1, -0.05) is 67.8 Å². The van der Waals surface area contributed by atoms with Crippen LogP contribution < -0.4 is 0 Å². The van der Waals surface area contributed by atoms with Crippen molar-refractivity contribution in [1.29, 1.82) is 0 Å². The predicted molar refractivity (Wildman–Crippen MR) is 97.0 cm³/mol. The number of nitrogens with zero attached hydrogens (tertiary/aromatic N) is 2. The molecule has 1 atom stereocenters. The summed E-state index contributed by atoms with van der Waals surface area (Å²) in [5.74, 6) is 0.470. The standard InChI is InChI=1S/C21H22N2O2/c24-21-19(16-10-4-1-5-11-16)25-20(17-12-6-2-7-13-17)22-23(21)18-14-8-3-9-15-18/h1-2,4-7,10-13,18-19H,3,8-9,14-15H2. The first kappa shape index (κ1) is 15.9. The van der Waals surface area contributed by atoms with Gasteiger partial charge in [-0.15, -0.1) is 5.10 Å². The Labute approximate surface area is 148 Å². The van der Waals surface area contributed by atoms with Gasteiger partial charge in [0, 0.05) is 11.1 Å². The van der Waals surface area contributed by atoms with Gasteiger partial charge in [-0.25, -0.2) is 5.01 Å². The van der Waals surface area contributed by atoms with Crippen molar-refractivity contribution in [3.8, 4) is 0 Å². The van der Waals surface area contributed by atoms with Crippen LogP contribution in [0, 0.1) is 0 Å². The summed E-state index contributed by atoms with van der Waals surface area (Å²) >= 11 is 0. The number of hydrazone groups is 1. The highest BCUT2D eigenvalue weighted by atomic mass is 16.5. The number of amides is 1. The van der Waals surface area contributed by atoms with Gasteiger partial charge in [0.05, 0.1) is 6.04 Å². The molecule has 4 heteroatoms. The lowest BCUT2D eigenvalue weighted by Crippen LogP contribution is -2.45. The van der Waals surface area contributed by atoms with Crippen LogP contribution in [0.5, 0.6) is 0 Å². The molecule has 0 aromatic heterocycles. The van der Waals surface area contributed by atoms with Crippen LogP contribution in [-0.2, 0) is 9.53 Å². The van der Waals surface area contributed by atoms with E-state index in [9.17, 15) is 4.79 Å². The SMILES string of the molecule is O=C1C(c2ccccc2)OC(c2ccccc2)=NN1C1CCCCC1. The third-order valence-corrected chi connectivity index (χ3v) is 4.92. The van der Waals surface area contributed by atoms with E-state index in [1.165, 1.54) is 6.42 Å². The van der Waals surface area contributed by atoms with Crippen molar-refractivity contribution >= 4 is 11.8 Å². The van der Waals surface area contributed by atoms with E-state index in [4.69, 9.17) is 4.74 Å². The smallest absolute Gasteiger partial charge is 0.288 e. The highest BCUT2D eigenvalue weighted by Crippen LogP contribution is 2.31. The summed E-state index contributed by atoms with van der Waals surface area (Å²) in [5.41, 5.74) is 1.77. The summed E-state index contributed by atoms with van der Waals surface area (Å²) in [6, 6.07) is 19.7. The van der Waals surface area contributed by atoms with Gasteiger partial charge in [0.2, 0.25) is 12.0 Å². The minimum absolute atomic E-state index is 0.0576. The van der Waals surface area contributed by atoms with E-state index in [1.807, 2.05) is 60.7 Å². The maximum Gasteiger partial charge on any atom is 0.288 e. The normalized spacial score (nSPS) is 21.6. The zero-order valence-electron chi connectivity index (χ0n) is 14.2. The molecule has 1 unspecified atom stereocenters. The molecular formula is C21H22N2O2. The van der Waals surface area contributed by atoms with Crippen molar-refractivity contribution in [2.45, 2.75) is 44.2 Å². The van der Waals surface area contributed by atoms with Crippen molar-refractivity contribution in [2.75, 3.05) is 0 Å². The molecule has 128 valence electrons. The molecule has 1 saturated carbocycles. The molecule has 1 aliphatic heterocycles. The molecular weight excluding hydrogens is 312 g/mol. The first-order valence-electron chi connectivity index (χ1n) is 9.01. The number of carbonyl (C=O) groups is 1. The van der Waals surface area contributed by atoms with Gasteiger partial charge in [0.15, 0.2) is 0 Å². The molecule has 2 aromatic carbocycles. The summed E-state index contributed by atoms with van der Waals surface area (Å²) in [5, 5.41) is 6.31. The van der Waals surface area contributed by atoms with Crippen LogP contribution in [0.3, 0.4) is 0 Å². The van der Waals surface area contributed by atoms with Gasteiger partial charge >= 0.3 is 0 Å². The van der Waals surface area contributed by atoms with Gasteiger partial charge in [0.1, 0.15) is 0 Å². The molecule has 4 nitrogen and oxygen atoms in total. The average molecular weight is 334 g/mol. The van der Waals surface area contributed by atoms with Gasteiger partial charge < -0.3 is 4.74 Å². The van der Waals surface area contributed by atoms with Crippen LogP contribution in [0.2, 0.25) is 0 Å². The Morgan fingerprint density at radius 1 is 0.880 bits per heavy atom. The number of rotatable bonds is 3. The zero-order chi connectivity index (χ0) is 17.1. The molecule has 1 heterocycles. The van der Waals surface area contributed by atoms with Gasteiger partial charge in [-0.05, 0) is 25.0 Å². The third kappa shape index (κ3) is 3.29. The second-order valence-corrected chi connectivity index (χ2v) is 6.65. The van der Waals surface area contributed by atoms with Crippen molar-refractivity contribution in [1.82, 2.24) is 5.01 Å². The summed E-state index contributed by atoms with van der Waals surface area (Å²) in [6.07, 6.45) is 4.95. The minimum atomic E-state index is -0.629.